The highest BCUT2D eigenvalue weighted by Crippen LogP contribution is 2.33. The number of nitrogens with one attached hydrogen (secondary N) is 1. The van der Waals surface area contributed by atoms with Crippen LogP contribution in [0.2, 0.25) is 0 Å². The minimum atomic E-state index is -1.68. The van der Waals surface area contributed by atoms with E-state index in [1.807, 2.05) is 0 Å². The van der Waals surface area contributed by atoms with E-state index in [1.54, 1.807) is 5.38 Å². The fourth-order valence-electron chi connectivity index (χ4n) is 2.87. The number of carbonyl (C=O) groups is 2. The molecule has 1 heterocycles. The third-order valence-electron chi connectivity index (χ3n) is 4.27. The van der Waals surface area contributed by atoms with Gasteiger partial charge < -0.3 is 10.1 Å². The van der Waals surface area contributed by atoms with Crippen LogP contribution in [0.4, 0.5) is 18.9 Å². The summed E-state index contributed by atoms with van der Waals surface area (Å²) in [5.41, 5.74) is 0.890. The zero-order chi connectivity index (χ0) is 18.8. The van der Waals surface area contributed by atoms with Crippen molar-refractivity contribution in [1.29, 1.82) is 0 Å². The third kappa shape index (κ3) is 3.75. The van der Waals surface area contributed by atoms with Gasteiger partial charge in [-0.3, -0.25) is 4.79 Å². The predicted octanol–water partition coefficient (Wildman–Crippen LogP) is 4.09. The van der Waals surface area contributed by atoms with Gasteiger partial charge in [-0.05, 0) is 42.9 Å². The first-order valence-corrected chi connectivity index (χ1v) is 8.94. The van der Waals surface area contributed by atoms with Gasteiger partial charge in [0.1, 0.15) is 0 Å². The first-order valence-electron chi connectivity index (χ1n) is 8.06. The Bertz CT molecular complexity index is 866. The van der Waals surface area contributed by atoms with Gasteiger partial charge in [0.05, 0.1) is 11.3 Å². The second kappa shape index (κ2) is 7.49. The van der Waals surface area contributed by atoms with Crippen LogP contribution in [0, 0.1) is 23.4 Å². The van der Waals surface area contributed by atoms with E-state index in [4.69, 9.17) is 4.74 Å². The Morgan fingerprint density at radius 1 is 1.27 bits per heavy atom. The molecule has 1 aliphatic carbocycles. The standard InChI is InChI=1S/C18H16F3NO3S/c1-9-2-3-10-11(8-26-14(10)6-9)18(24)25-7-15(23)22-13-5-4-12(19)16(20)17(13)21/h4-5,8-9H,2-3,6-7H2,1H3,(H,22,23)/t9-/m0/s1. The number of halogens is 3. The lowest BCUT2D eigenvalue weighted by Gasteiger charge is -2.18. The van der Waals surface area contributed by atoms with E-state index in [1.165, 1.54) is 11.3 Å². The Morgan fingerprint density at radius 2 is 2.04 bits per heavy atom. The van der Waals surface area contributed by atoms with Crippen LogP contribution in [0.25, 0.3) is 0 Å². The molecule has 2 aromatic rings. The molecule has 3 rings (SSSR count). The van der Waals surface area contributed by atoms with Gasteiger partial charge in [-0.1, -0.05) is 6.92 Å². The molecule has 0 aliphatic heterocycles. The van der Waals surface area contributed by atoms with Crippen LogP contribution >= 0.6 is 11.3 Å². The van der Waals surface area contributed by atoms with Gasteiger partial charge in [0, 0.05) is 10.3 Å². The van der Waals surface area contributed by atoms with Crippen molar-refractivity contribution in [2.45, 2.75) is 26.2 Å². The summed E-state index contributed by atoms with van der Waals surface area (Å²) in [4.78, 5) is 25.2. The molecule has 1 aromatic heterocycles. The fraction of sp³-hybridized carbons (Fsp3) is 0.333. The van der Waals surface area contributed by atoms with Crippen LogP contribution < -0.4 is 5.32 Å². The number of esters is 1. The lowest BCUT2D eigenvalue weighted by molar-refractivity contribution is -0.119. The molecule has 1 atom stereocenters. The van der Waals surface area contributed by atoms with Crippen molar-refractivity contribution in [2.75, 3.05) is 11.9 Å². The van der Waals surface area contributed by atoms with Gasteiger partial charge in [-0.15, -0.1) is 11.3 Å². The quantitative estimate of drug-likeness (QED) is 0.639. The minimum absolute atomic E-state index is 0.448. The van der Waals surface area contributed by atoms with E-state index in [2.05, 4.69) is 12.2 Å². The van der Waals surface area contributed by atoms with Crippen LogP contribution in [-0.4, -0.2) is 18.5 Å². The van der Waals surface area contributed by atoms with E-state index in [9.17, 15) is 22.8 Å². The van der Waals surface area contributed by atoms with Gasteiger partial charge >= 0.3 is 5.97 Å². The molecule has 0 bridgehead atoms. The van der Waals surface area contributed by atoms with Crippen LogP contribution in [0.1, 0.15) is 34.1 Å². The predicted molar refractivity (Wildman–Crippen MR) is 90.7 cm³/mol. The van der Waals surface area contributed by atoms with Gasteiger partial charge in [0.25, 0.3) is 5.91 Å². The zero-order valence-corrected chi connectivity index (χ0v) is 14.7. The lowest BCUT2D eigenvalue weighted by atomic mass is 9.88. The average Bonchev–Trinajstić information content (AvgIpc) is 3.03. The second-order valence-electron chi connectivity index (χ2n) is 6.25. The largest absolute Gasteiger partial charge is 0.452 e. The lowest BCUT2D eigenvalue weighted by Crippen LogP contribution is -2.22. The number of carbonyl (C=O) groups excluding carboxylic acids is 2. The number of thiophene rings is 1. The smallest absolute Gasteiger partial charge is 0.339 e. The normalized spacial score (nSPS) is 16.1. The van der Waals surface area contributed by atoms with Crippen LogP contribution in [0.5, 0.6) is 0 Å². The Balaban J connectivity index is 1.60. The molecule has 26 heavy (non-hydrogen) atoms. The van der Waals surface area contributed by atoms with Crippen molar-refractivity contribution >= 4 is 28.9 Å². The zero-order valence-electron chi connectivity index (χ0n) is 13.9. The number of amides is 1. The van der Waals surface area contributed by atoms with Gasteiger partial charge in [-0.2, -0.15) is 0 Å². The van der Waals surface area contributed by atoms with Crippen molar-refractivity contribution in [3.05, 3.63) is 51.0 Å². The van der Waals surface area contributed by atoms with Gasteiger partial charge in [0.15, 0.2) is 24.1 Å². The maximum Gasteiger partial charge on any atom is 0.339 e. The van der Waals surface area contributed by atoms with Crippen LogP contribution in [-0.2, 0) is 22.4 Å². The SMILES string of the molecule is C[C@H]1CCc2c(C(=O)OCC(=O)Nc3ccc(F)c(F)c3F)csc2C1. The average molecular weight is 383 g/mol. The summed E-state index contributed by atoms with van der Waals surface area (Å²) in [6, 6.07) is 1.59. The Labute approximate surface area is 152 Å². The van der Waals surface area contributed by atoms with Crippen molar-refractivity contribution in [2.24, 2.45) is 5.92 Å². The first kappa shape index (κ1) is 18.4. The maximum absolute atomic E-state index is 13.5. The second-order valence-corrected chi connectivity index (χ2v) is 7.21. The summed E-state index contributed by atoms with van der Waals surface area (Å²) in [6.07, 6.45) is 2.69. The molecular formula is C18H16F3NO3S. The van der Waals surface area contributed by atoms with Crippen molar-refractivity contribution in [1.82, 2.24) is 0 Å². The number of fused-ring (bicyclic) bond motifs is 1. The number of anilines is 1. The molecule has 1 aromatic carbocycles. The molecule has 1 aliphatic rings. The molecular weight excluding hydrogens is 367 g/mol. The third-order valence-corrected chi connectivity index (χ3v) is 5.32. The molecule has 1 amide bonds. The minimum Gasteiger partial charge on any atom is -0.452 e. The highest BCUT2D eigenvalue weighted by molar-refractivity contribution is 7.10. The molecule has 8 heteroatoms. The van der Waals surface area contributed by atoms with E-state index >= 15 is 0 Å². The van der Waals surface area contributed by atoms with Crippen molar-refractivity contribution in [3.63, 3.8) is 0 Å². The molecule has 0 fully saturated rings. The number of benzene rings is 1. The molecule has 1 N–H and O–H groups in total. The molecule has 0 saturated carbocycles. The summed E-state index contributed by atoms with van der Waals surface area (Å²) >= 11 is 1.50. The summed E-state index contributed by atoms with van der Waals surface area (Å²) in [5.74, 6) is -5.45. The van der Waals surface area contributed by atoms with Crippen LogP contribution in [0.3, 0.4) is 0 Å². The number of ether oxygens (including phenoxy) is 1. The molecule has 0 saturated heterocycles. The number of hydrogen-bond donors (Lipinski definition) is 1. The van der Waals surface area contributed by atoms with E-state index < -0.39 is 41.6 Å². The van der Waals surface area contributed by atoms with Crippen LogP contribution in [0.15, 0.2) is 17.5 Å². The molecule has 0 spiro atoms. The summed E-state index contributed by atoms with van der Waals surface area (Å²) in [6.45, 7) is 1.50. The fourth-order valence-corrected chi connectivity index (χ4v) is 4.10. The Hall–Kier alpha value is -2.35. The first-order chi connectivity index (χ1) is 12.4. The molecule has 0 radical (unpaired) electrons. The van der Waals surface area contributed by atoms with E-state index in [0.29, 0.717) is 17.5 Å². The monoisotopic (exact) mass is 383 g/mol. The van der Waals surface area contributed by atoms with Crippen molar-refractivity contribution < 1.29 is 27.5 Å². The summed E-state index contributed by atoms with van der Waals surface area (Å²) in [7, 11) is 0. The van der Waals surface area contributed by atoms with Crippen molar-refractivity contribution in [3.8, 4) is 0 Å². The highest BCUT2D eigenvalue weighted by Gasteiger charge is 2.24. The molecule has 4 nitrogen and oxygen atoms in total. The molecule has 138 valence electrons. The Morgan fingerprint density at radius 3 is 2.81 bits per heavy atom. The van der Waals surface area contributed by atoms with E-state index in [0.717, 1.165) is 35.8 Å². The number of rotatable bonds is 4. The molecule has 0 unspecified atom stereocenters. The van der Waals surface area contributed by atoms with Gasteiger partial charge in [-0.25, -0.2) is 18.0 Å². The van der Waals surface area contributed by atoms with Gasteiger partial charge in [0.2, 0.25) is 0 Å². The number of hydrogen-bond acceptors (Lipinski definition) is 4. The maximum atomic E-state index is 13.5. The van der Waals surface area contributed by atoms with E-state index in [-0.39, 0.29) is 0 Å². The summed E-state index contributed by atoms with van der Waals surface area (Å²) < 4.78 is 44.5. The highest BCUT2D eigenvalue weighted by atomic mass is 32.1. The topological polar surface area (TPSA) is 55.4 Å². The Kier molecular flexibility index (Phi) is 5.31. The summed E-state index contributed by atoms with van der Waals surface area (Å²) in [5, 5.41) is 3.77.